The maximum absolute atomic E-state index is 14.0. The minimum atomic E-state index is -1.05. The van der Waals surface area contributed by atoms with Crippen LogP contribution in [0.2, 0.25) is 0 Å². The third-order valence-electron chi connectivity index (χ3n) is 6.67. The molecule has 32 heavy (non-hydrogen) atoms. The predicted octanol–water partition coefficient (Wildman–Crippen LogP) is 3.96. The lowest BCUT2D eigenvalue weighted by molar-refractivity contribution is -0.132. The summed E-state index contributed by atoms with van der Waals surface area (Å²) in [4.78, 5) is 18.2. The van der Waals surface area contributed by atoms with Gasteiger partial charge in [-0.25, -0.2) is 0 Å². The Morgan fingerprint density at radius 3 is 1.84 bits per heavy atom. The van der Waals surface area contributed by atoms with Crippen LogP contribution in [0.15, 0.2) is 91.0 Å². The summed E-state index contributed by atoms with van der Waals surface area (Å²) in [6.07, 6.45) is 1.73. The first kappa shape index (κ1) is 20.5. The molecule has 3 aromatic rings. The van der Waals surface area contributed by atoms with E-state index in [1.807, 2.05) is 66.7 Å². The lowest BCUT2D eigenvalue weighted by Crippen LogP contribution is -2.49. The van der Waals surface area contributed by atoms with Gasteiger partial charge < -0.3 is 5.32 Å². The number of piperidine rings is 1. The van der Waals surface area contributed by atoms with Crippen LogP contribution in [0.5, 0.6) is 0 Å². The monoisotopic (exact) mass is 424 g/mol. The van der Waals surface area contributed by atoms with E-state index < -0.39 is 5.54 Å². The molecule has 5 heteroatoms. The molecule has 162 valence electrons. The molecule has 0 unspecified atom stereocenters. The van der Waals surface area contributed by atoms with Gasteiger partial charge in [-0.3, -0.25) is 20.0 Å². The highest BCUT2D eigenvalue weighted by Gasteiger charge is 2.54. The number of carbonyl (C=O) groups is 1. The van der Waals surface area contributed by atoms with Crippen molar-refractivity contribution in [3.05, 3.63) is 108 Å². The third-order valence-corrected chi connectivity index (χ3v) is 6.67. The van der Waals surface area contributed by atoms with Crippen molar-refractivity contribution in [2.45, 2.75) is 31.0 Å². The standard InChI is InChI=1S/C27H28N4O/c28-26-29-27(22-12-6-2-7-13-22,23-14-8-3-9-15-23)25(32)31(26)24-16-18-30(19-17-24)20-21-10-4-1-5-11-21/h1-15,24H,16-20H2,(H2,28,29). The molecule has 0 radical (unpaired) electrons. The summed E-state index contributed by atoms with van der Waals surface area (Å²) < 4.78 is 0. The lowest BCUT2D eigenvalue weighted by Gasteiger charge is -2.36. The third kappa shape index (κ3) is 3.59. The summed E-state index contributed by atoms with van der Waals surface area (Å²) in [5.41, 5.74) is 1.99. The smallest absolute Gasteiger partial charge is 0.264 e. The zero-order valence-corrected chi connectivity index (χ0v) is 18.1. The molecule has 2 aliphatic rings. The summed E-state index contributed by atoms with van der Waals surface area (Å²) in [5.74, 6) is 0.144. The first-order chi connectivity index (χ1) is 15.7. The van der Waals surface area contributed by atoms with Crippen LogP contribution in [0.4, 0.5) is 0 Å². The van der Waals surface area contributed by atoms with E-state index in [1.54, 1.807) is 4.90 Å². The number of likely N-dealkylation sites (tertiary alicyclic amines) is 1. The number of carbonyl (C=O) groups excluding carboxylic acids is 1. The fraction of sp³-hybridized carbons (Fsp3) is 0.259. The summed E-state index contributed by atoms with van der Waals surface area (Å²) in [6, 6.07) is 30.1. The van der Waals surface area contributed by atoms with Crippen molar-refractivity contribution in [2.24, 2.45) is 0 Å². The van der Waals surface area contributed by atoms with Gasteiger partial charge >= 0.3 is 0 Å². The summed E-state index contributed by atoms with van der Waals surface area (Å²) >= 11 is 0. The van der Waals surface area contributed by atoms with E-state index in [4.69, 9.17) is 5.41 Å². The molecule has 2 aliphatic heterocycles. The van der Waals surface area contributed by atoms with Gasteiger partial charge in [0.05, 0.1) is 0 Å². The first-order valence-corrected chi connectivity index (χ1v) is 11.3. The molecule has 0 saturated carbocycles. The van der Waals surface area contributed by atoms with Crippen LogP contribution in [0.1, 0.15) is 29.5 Å². The highest BCUT2D eigenvalue weighted by Crippen LogP contribution is 2.37. The molecule has 5 rings (SSSR count). The van der Waals surface area contributed by atoms with E-state index in [0.29, 0.717) is 0 Å². The van der Waals surface area contributed by atoms with E-state index in [0.717, 1.165) is 43.6 Å². The topological polar surface area (TPSA) is 59.4 Å². The van der Waals surface area contributed by atoms with E-state index in [9.17, 15) is 4.79 Å². The van der Waals surface area contributed by atoms with Gasteiger partial charge in [-0.05, 0) is 29.5 Å². The SMILES string of the molecule is N=C1NC(c2ccccc2)(c2ccccc2)C(=O)N1C1CCN(Cc2ccccc2)CC1. The van der Waals surface area contributed by atoms with E-state index in [-0.39, 0.29) is 17.9 Å². The van der Waals surface area contributed by atoms with Gasteiger partial charge in [-0.2, -0.15) is 0 Å². The molecule has 2 fully saturated rings. The molecule has 2 heterocycles. The summed E-state index contributed by atoms with van der Waals surface area (Å²) in [7, 11) is 0. The molecule has 1 amide bonds. The van der Waals surface area contributed by atoms with Crippen LogP contribution in [0, 0.1) is 5.41 Å². The molecule has 0 aliphatic carbocycles. The van der Waals surface area contributed by atoms with Crippen molar-refractivity contribution in [2.75, 3.05) is 13.1 Å². The largest absolute Gasteiger partial charge is 0.334 e. The predicted molar refractivity (Wildman–Crippen MR) is 126 cm³/mol. The van der Waals surface area contributed by atoms with Crippen molar-refractivity contribution in [3.63, 3.8) is 0 Å². The van der Waals surface area contributed by atoms with Gasteiger partial charge in [0.1, 0.15) is 0 Å². The first-order valence-electron chi connectivity index (χ1n) is 11.3. The Morgan fingerprint density at radius 1 is 0.812 bits per heavy atom. The van der Waals surface area contributed by atoms with Gasteiger partial charge in [0.25, 0.3) is 5.91 Å². The zero-order valence-electron chi connectivity index (χ0n) is 18.1. The van der Waals surface area contributed by atoms with Crippen molar-refractivity contribution in [3.8, 4) is 0 Å². The van der Waals surface area contributed by atoms with Gasteiger partial charge in [0.2, 0.25) is 0 Å². The van der Waals surface area contributed by atoms with E-state index in [1.165, 1.54) is 5.56 Å². The van der Waals surface area contributed by atoms with Crippen molar-refractivity contribution >= 4 is 11.9 Å². The average molecular weight is 425 g/mol. The average Bonchev–Trinajstić information content (AvgIpc) is 3.12. The zero-order chi connectivity index (χ0) is 22.0. The van der Waals surface area contributed by atoms with Gasteiger partial charge in [0, 0.05) is 25.7 Å². The van der Waals surface area contributed by atoms with Crippen LogP contribution in [0.3, 0.4) is 0 Å². The molecule has 0 aromatic heterocycles. The highest BCUT2D eigenvalue weighted by atomic mass is 16.2. The van der Waals surface area contributed by atoms with E-state index in [2.05, 4.69) is 34.5 Å². The van der Waals surface area contributed by atoms with Gasteiger partial charge in [-0.1, -0.05) is 91.0 Å². The van der Waals surface area contributed by atoms with Crippen molar-refractivity contribution in [1.29, 1.82) is 5.41 Å². The lowest BCUT2D eigenvalue weighted by atomic mass is 9.82. The molecular weight excluding hydrogens is 396 g/mol. The second-order valence-corrected chi connectivity index (χ2v) is 8.62. The molecule has 0 atom stereocenters. The Labute approximate surface area is 189 Å². The van der Waals surface area contributed by atoms with Crippen LogP contribution in [-0.2, 0) is 16.9 Å². The van der Waals surface area contributed by atoms with Crippen molar-refractivity contribution in [1.82, 2.24) is 15.1 Å². The molecule has 5 nitrogen and oxygen atoms in total. The molecule has 2 saturated heterocycles. The Bertz CT molecular complexity index is 1040. The number of nitrogens with one attached hydrogen (secondary N) is 2. The highest BCUT2D eigenvalue weighted by molar-refractivity contribution is 6.10. The van der Waals surface area contributed by atoms with Crippen molar-refractivity contribution < 1.29 is 4.79 Å². The van der Waals surface area contributed by atoms with Crippen LogP contribution in [0.25, 0.3) is 0 Å². The normalized spacial score (nSPS) is 19.2. The Hall–Kier alpha value is -3.44. The number of hydrogen-bond donors (Lipinski definition) is 2. The Balaban J connectivity index is 1.38. The maximum Gasteiger partial charge on any atom is 0.264 e. The molecule has 0 spiro atoms. The maximum atomic E-state index is 14.0. The molecular formula is C27H28N4O. The van der Waals surface area contributed by atoms with Gasteiger partial charge in [-0.15, -0.1) is 0 Å². The number of hydrogen-bond acceptors (Lipinski definition) is 3. The molecule has 2 N–H and O–H groups in total. The fourth-order valence-electron chi connectivity index (χ4n) is 5.03. The van der Waals surface area contributed by atoms with Crippen LogP contribution >= 0.6 is 0 Å². The number of benzene rings is 3. The van der Waals surface area contributed by atoms with E-state index >= 15 is 0 Å². The Morgan fingerprint density at radius 2 is 1.31 bits per heavy atom. The number of amides is 1. The van der Waals surface area contributed by atoms with Gasteiger partial charge in [0.15, 0.2) is 11.5 Å². The fourth-order valence-corrected chi connectivity index (χ4v) is 5.03. The van der Waals surface area contributed by atoms with Crippen LogP contribution < -0.4 is 5.32 Å². The minimum absolute atomic E-state index is 0.0313. The quantitative estimate of drug-likeness (QED) is 0.652. The number of rotatable bonds is 5. The second-order valence-electron chi connectivity index (χ2n) is 8.62. The summed E-state index contributed by atoms with van der Waals surface area (Å²) in [6.45, 7) is 2.76. The molecule has 3 aromatic carbocycles. The second kappa shape index (κ2) is 8.60. The number of guanidine groups is 1. The van der Waals surface area contributed by atoms with Crippen LogP contribution in [-0.4, -0.2) is 40.8 Å². The summed E-state index contributed by atoms with van der Waals surface area (Å²) in [5, 5.41) is 12.0. The number of nitrogens with zero attached hydrogens (tertiary/aromatic N) is 2. The molecule has 0 bridgehead atoms. The Kier molecular flexibility index (Phi) is 5.50. The minimum Gasteiger partial charge on any atom is -0.334 e.